The van der Waals surface area contributed by atoms with E-state index in [-0.39, 0.29) is 0 Å². The van der Waals surface area contributed by atoms with E-state index in [1.165, 1.54) is 44.9 Å². The van der Waals surface area contributed by atoms with Crippen LogP contribution in [-0.2, 0) is 0 Å². The van der Waals surface area contributed by atoms with Crippen molar-refractivity contribution in [2.45, 2.75) is 49.7 Å². The molecule has 2 heteroatoms. The van der Waals surface area contributed by atoms with Gasteiger partial charge in [-0.05, 0) is 71.7 Å². The van der Waals surface area contributed by atoms with Gasteiger partial charge in [-0.3, -0.25) is 0 Å². The first-order valence-electron chi connectivity index (χ1n) is 18.8. The van der Waals surface area contributed by atoms with Gasteiger partial charge < -0.3 is 9.80 Å². The summed E-state index contributed by atoms with van der Waals surface area (Å²) >= 11 is 0. The maximum atomic E-state index is 2.72. The molecule has 0 amide bonds. The van der Waals surface area contributed by atoms with Crippen LogP contribution in [0, 0.1) is 23.7 Å². The third-order valence-electron chi connectivity index (χ3n) is 12.4. The van der Waals surface area contributed by atoms with Crippen molar-refractivity contribution in [2.75, 3.05) is 4.90 Å². The average molecular weight is 649 g/mol. The monoisotopic (exact) mass is 648 g/mol. The fourth-order valence-corrected chi connectivity index (χ4v) is 10.0. The second-order valence-electron chi connectivity index (χ2n) is 15.0. The van der Waals surface area contributed by atoms with Crippen molar-refractivity contribution < 1.29 is 0 Å². The van der Waals surface area contributed by atoms with Gasteiger partial charge in [0.25, 0.3) is 0 Å². The third-order valence-corrected chi connectivity index (χ3v) is 12.4. The van der Waals surface area contributed by atoms with E-state index in [9.17, 15) is 0 Å². The molecule has 2 heterocycles. The molecule has 5 aliphatic carbocycles. The van der Waals surface area contributed by atoms with E-state index in [1.807, 2.05) is 0 Å². The molecule has 10 rings (SSSR count). The maximum absolute atomic E-state index is 2.72. The van der Waals surface area contributed by atoms with Crippen LogP contribution >= 0.6 is 0 Å². The van der Waals surface area contributed by atoms with Crippen molar-refractivity contribution in [3.8, 4) is 11.1 Å². The number of benzene rings is 3. The number of hydrogen-bond donors (Lipinski definition) is 0. The molecule has 246 valence electrons. The van der Waals surface area contributed by atoms with Crippen LogP contribution in [0.3, 0.4) is 0 Å². The minimum Gasteiger partial charge on any atom is -0.358 e. The number of nitrogens with zero attached hydrogens (tertiary/aromatic N) is 2. The summed E-state index contributed by atoms with van der Waals surface area (Å²) in [6, 6.07) is 32.2. The van der Waals surface area contributed by atoms with Gasteiger partial charge in [0.05, 0.1) is 12.1 Å². The number of fused-ring (bicyclic) bond motifs is 5. The minimum absolute atomic E-state index is 0.371. The van der Waals surface area contributed by atoms with E-state index in [2.05, 4.69) is 180 Å². The van der Waals surface area contributed by atoms with E-state index in [0.29, 0.717) is 47.7 Å². The van der Waals surface area contributed by atoms with Gasteiger partial charge in [0, 0.05) is 52.7 Å². The Morgan fingerprint density at radius 2 is 1.40 bits per heavy atom. The second kappa shape index (κ2) is 12.4. The van der Waals surface area contributed by atoms with Crippen LogP contribution < -0.4 is 4.90 Å². The van der Waals surface area contributed by atoms with Crippen LogP contribution in [-0.4, -0.2) is 23.0 Å². The van der Waals surface area contributed by atoms with Crippen molar-refractivity contribution in [3.05, 3.63) is 198 Å². The lowest BCUT2D eigenvalue weighted by Gasteiger charge is -2.38. The van der Waals surface area contributed by atoms with Crippen molar-refractivity contribution in [3.63, 3.8) is 0 Å². The summed E-state index contributed by atoms with van der Waals surface area (Å²) in [5.74, 6) is 2.28. The van der Waals surface area contributed by atoms with Crippen LogP contribution in [0.1, 0.15) is 37.2 Å². The molecule has 8 unspecified atom stereocenters. The largest absolute Gasteiger partial charge is 0.358 e. The first-order valence-corrected chi connectivity index (χ1v) is 18.8. The summed E-state index contributed by atoms with van der Waals surface area (Å²) in [4.78, 5) is 5.43. The van der Waals surface area contributed by atoms with Crippen molar-refractivity contribution in [1.29, 1.82) is 0 Å². The smallest absolute Gasteiger partial charge is 0.0552 e. The van der Waals surface area contributed by atoms with Crippen LogP contribution in [0.4, 0.5) is 5.69 Å². The zero-order valence-corrected chi connectivity index (χ0v) is 28.5. The van der Waals surface area contributed by atoms with Crippen LogP contribution in [0.5, 0.6) is 0 Å². The van der Waals surface area contributed by atoms with Crippen molar-refractivity contribution in [1.82, 2.24) is 4.90 Å². The molecular formula is C48H44N2. The molecule has 2 aliphatic heterocycles. The molecule has 2 nitrogen and oxygen atoms in total. The number of likely N-dealkylation sites (tertiary alicyclic amines) is 1. The Kier molecular flexibility index (Phi) is 7.36. The summed E-state index contributed by atoms with van der Waals surface area (Å²) in [5.41, 5.74) is 11.2. The lowest BCUT2D eigenvalue weighted by molar-refractivity contribution is 0.308. The lowest BCUT2D eigenvalue weighted by Crippen LogP contribution is -2.38. The van der Waals surface area contributed by atoms with E-state index in [4.69, 9.17) is 0 Å². The Hall–Kier alpha value is -5.08. The Bertz CT molecular complexity index is 2050. The Balaban J connectivity index is 0.921. The number of anilines is 1. The molecule has 3 aromatic carbocycles. The topological polar surface area (TPSA) is 6.48 Å². The van der Waals surface area contributed by atoms with Gasteiger partial charge in [-0.1, -0.05) is 152 Å². The van der Waals surface area contributed by atoms with Crippen molar-refractivity contribution in [2.24, 2.45) is 23.7 Å². The number of allylic oxidation sites excluding steroid dienone is 11. The molecule has 1 fully saturated rings. The highest BCUT2D eigenvalue weighted by Crippen LogP contribution is 2.51. The Morgan fingerprint density at radius 3 is 2.22 bits per heavy atom. The normalized spacial score (nSPS) is 31.7. The average Bonchev–Trinajstić information content (AvgIpc) is 3.71. The molecule has 50 heavy (non-hydrogen) atoms. The Morgan fingerprint density at radius 1 is 0.620 bits per heavy atom. The Labute approximate surface area is 297 Å². The maximum Gasteiger partial charge on any atom is 0.0552 e. The highest BCUT2D eigenvalue weighted by molar-refractivity contribution is 5.69. The summed E-state index contributed by atoms with van der Waals surface area (Å²) in [6.07, 6.45) is 38.8. The third kappa shape index (κ3) is 4.99. The molecule has 7 aliphatic rings. The fraction of sp³-hybridized carbons (Fsp3) is 0.250. The first kappa shape index (κ1) is 29.8. The highest BCUT2D eigenvalue weighted by Gasteiger charge is 2.48. The van der Waals surface area contributed by atoms with E-state index < -0.39 is 0 Å². The molecular weight excluding hydrogens is 605 g/mol. The zero-order chi connectivity index (χ0) is 33.0. The van der Waals surface area contributed by atoms with Gasteiger partial charge in [0.1, 0.15) is 0 Å². The summed E-state index contributed by atoms with van der Waals surface area (Å²) in [7, 11) is 0. The number of rotatable bonds is 5. The molecule has 1 saturated heterocycles. The summed E-state index contributed by atoms with van der Waals surface area (Å²) < 4.78 is 0. The van der Waals surface area contributed by atoms with Gasteiger partial charge in [0.15, 0.2) is 0 Å². The highest BCUT2D eigenvalue weighted by atomic mass is 15.2. The number of hydrogen-bond acceptors (Lipinski definition) is 2. The molecule has 0 radical (unpaired) electrons. The lowest BCUT2D eigenvalue weighted by atomic mass is 9.74. The quantitative estimate of drug-likeness (QED) is 0.254. The van der Waals surface area contributed by atoms with E-state index in [0.717, 1.165) is 25.7 Å². The molecule has 0 bridgehead atoms. The fourth-order valence-electron chi connectivity index (χ4n) is 10.0. The summed E-state index contributed by atoms with van der Waals surface area (Å²) in [5, 5.41) is 0. The molecule has 8 atom stereocenters. The van der Waals surface area contributed by atoms with Crippen molar-refractivity contribution >= 4 is 5.69 Å². The van der Waals surface area contributed by atoms with Crippen LogP contribution in [0.15, 0.2) is 193 Å². The molecule has 0 saturated carbocycles. The molecule has 3 aromatic rings. The minimum atomic E-state index is 0.371. The van der Waals surface area contributed by atoms with Gasteiger partial charge in [-0.15, -0.1) is 0 Å². The standard InChI is InChI=1S/C48H44N2/c1-3-11-33(12-4-1)35-19-25-39(26-20-35)49-46-18-10-8-16-42(46)44-31-37(24-30-47(44)49)38-23-29-43-41-15-7-9-17-45(41)50(48(43)32-38)40-27-21-36(22-28-40)34-13-5-2-6-14-34/h1-8,10-16,18-19,21-31,35,38,42-44,46-48H,9,17,20,32H2. The molecule has 0 N–H and O–H groups in total. The van der Waals surface area contributed by atoms with Gasteiger partial charge in [-0.2, -0.15) is 0 Å². The predicted molar refractivity (Wildman–Crippen MR) is 207 cm³/mol. The van der Waals surface area contributed by atoms with Gasteiger partial charge in [0.2, 0.25) is 0 Å². The van der Waals surface area contributed by atoms with Crippen LogP contribution in [0.2, 0.25) is 0 Å². The van der Waals surface area contributed by atoms with Crippen LogP contribution in [0.25, 0.3) is 11.1 Å². The van der Waals surface area contributed by atoms with Gasteiger partial charge in [-0.25, -0.2) is 0 Å². The van der Waals surface area contributed by atoms with Gasteiger partial charge >= 0.3 is 0 Å². The first-order chi connectivity index (χ1) is 24.8. The van der Waals surface area contributed by atoms with E-state index in [1.54, 1.807) is 0 Å². The predicted octanol–water partition coefficient (Wildman–Crippen LogP) is 10.9. The van der Waals surface area contributed by atoms with E-state index >= 15 is 0 Å². The zero-order valence-electron chi connectivity index (χ0n) is 28.5. The molecule has 0 spiro atoms. The summed E-state index contributed by atoms with van der Waals surface area (Å²) in [6.45, 7) is 0. The SMILES string of the molecule is C1=CC2C3C=C(C4C=CC5C6=C(CCC=C6)N(c6ccc(-c7ccccc7)cc6)C5C4)C=CC3N(C3=CCC(c4ccccc4)C=C3)C2C=C1. The molecule has 0 aromatic heterocycles. The second-order valence-corrected chi connectivity index (χ2v) is 15.0.